The van der Waals surface area contributed by atoms with E-state index in [2.05, 4.69) is 74.6 Å². The van der Waals surface area contributed by atoms with Gasteiger partial charge in [0.25, 0.3) is 0 Å². The van der Waals surface area contributed by atoms with E-state index in [0.29, 0.717) is 6.04 Å². The van der Waals surface area contributed by atoms with E-state index in [4.69, 9.17) is 4.99 Å². The molecule has 1 aromatic carbocycles. The summed E-state index contributed by atoms with van der Waals surface area (Å²) in [6.07, 6.45) is 3.66. The largest absolute Gasteiger partial charge is 0.368 e. The number of hydrogen-bond acceptors (Lipinski definition) is 3. The summed E-state index contributed by atoms with van der Waals surface area (Å²) in [5, 5.41) is 7.08. The molecule has 144 valence electrons. The van der Waals surface area contributed by atoms with Crippen LogP contribution in [0, 0.1) is 5.92 Å². The van der Waals surface area contributed by atoms with Crippen LogP contribution in [0.15, 0.2) is 33.7 Å². The number of rotatable bonds is 5. The number of nitrogens with zero attached hydrogens (tertiary/aromatic N) is 3. The average Bonchev–Trinajstić information content (AvgIpc) is 3.10. The Hall–Kier alpha value is -1.27. The van der Waals surface area contributed by atoms with Gasteiger partial charge in [-0.15, -0.1) is 0 Å². The summed E-state index contributed by atoms with van der Waals surface area (Å²) in [7, 11) is 2.21. The van der Waals surface area contributed by atoms with Crippen LogP contribution >= 0.6 is 15.9 Å². The van der Waals surface area contributed by atoms with Crippen LogP contribution in [0.25, 0.3) is 0 Å². The summed E-state index contributed by atoms with van der Waals surface area (Å²) in [6, 6.07) is 8.92. The number of piperidine rings is 1. The van der Waals surface area contributed by atoms with E-state index >= 15 is 0 Å². The van der Waals surface area contributed by atoms with Crippen molar-refractivity contribution < 1.29 is 0 Å². The average molecular weight is 422 g/mol. The van der Waals surface area contributed by atoms with Crippen LogP contribution in [0.4, 0.5) is 5.69 Å². The third-order valence-corrected chi connectivity index (χ3v) is 6.08. The van der Waals surface area contributed by atoms with E-state index in [1.807, 2.05) is 0 Å². The quantitative estimate of drug-likeness (QED) is 0.566. The minimum absolute atomic E-state index is 0.442. The smallest absolute Gasteiger partial charge is 0.191 e. The number of benzene rings is 1. The van der Waals surface area contributed by atoms with E-state index in [9.17, 15) is 0 Å². The normalized spacial score (nSPS) is 22.7. The first-order valence-electron chi connectivity index (χ1n) is 9.88. The van der Waals surface area contributed by atoms with Gasteiger partial charge in [0, 0.05) is 36.7 Å². The van der Waals surface area contributed by atoms with E-state index in [0.717, 1.165) is 44.5 Å². The maximum Gasteiger partial charge on any atom is 0.191 e. The van der Waals surface area contributed by atoms with Crippen LogP contribution in [0.1, 0.15) is 26.2 Å². The van der Waals surface area contributed by atoms with Gasteiger partial charge in [-0.3, -0.25) is 4.99 Å². The van der Waals surface area contributed by atoms with Gasteiger partial charge in [0.2, 0.25) is 0 Å². The van der Waals surface area contributed by atoms with Crippen LogP contribution in [-0.4, -0.2) is 63.2 Å². The molecule has 2 heterocycles. The second kappa shape index (κ2) is 9.60. The van der Waals surface area contributed by atoms with Crippen LogP contribution in [0.5, 0.6) is 0 Å². The van der Waals surface area contributed by atoms with E-state index < -0.39 is 0 Å². The van der Waals surface area contributed by atoms with Crippen molar-refractivity contribution in [3.05, 3.63) is 28.7 Å². The fraction of sp³-hybridized carbons (Fsp3) is 0.650. The van der Waals surface area contributed by atoms with Crippen molar-refractivity contribution in [3.8, 4) is 0 Å². The Morgan fingerprint density at radius 1 is 1.19 bits per heavy atom. The number of nitrogens with one attached hydrogen (secondary N) is 2. The summed E-state index contributed by atoms with van der Waals surface area (Å²) in [5.74, 6) is 1.70. The van der Waals surface area contributed by atoms with Crippen molar-refractivity contribution in [3.63, 3.8) is 0 Å². The summed E-state index contributed by atoms with van der Waals surface area (Å²) in [4.78, 5) is 9.75. The van der Waals surface area contributed by atoms with Crippen LogP contribution in [0.2, 0.25) is 0 Å². The summed E-state index contributed by atoms with van der Waals surface area (Å²) in [5.41, 5.74) is 1.28. The molecule has 5 nitrogen and oxygen atoms in total. The molecule has 0 aliphatic carbocycles. The van der Waals surface area contributed by atoms with Gasteiger partial charge in [-0.2, -0.15) is 0 Å². The molecule has 3 rings (SSSR count). The molecule has 6 heteroatoms. The molecular formula is C20H32BrN5. The number of guanidine groups is 1. The maximum atomic E-state index is 4.89. The molecule has 1 unspecified atom stereocenters. The lowest BCUT2D eigenvalue weighted by Crippen LogP contribution is -2.45. The fourth-order valence-corrected chi connectivity index (χ4v) is 4.32. The lowest BCUT2D eigenvalue weighted by atomic mass is 9.97. The Morgan fingerprint density at radius 2 is 1.96 bits per heavy atom. The van der Waals surface area contributed by atoms with Gasteiger partial charge in [-0.1, -0.05) is 12.1 Å². The topological polar surface area (TPSA) is 42.9 Å². The molecule has 0 radical (unpaired) electrons. The lowest BCUT2D eigenvalue weighted by molar-refractivity contribution is 0.223. The summed E-state index contributed by atoms with van der Waals surface area (Å²) < 4.78 is 1.17. The van der Waals surface area contributed by atoms with Gasteiger partial charge in [0.1, 0.15) is 0 Å². The van der Waals surface area contributed by atoms with Gasteiger partial charge in [-0.05, 0) is 80.3 Å². The van der Waals surface area contributed by atoms with E-state index in [-0.39, 0.29) is 0 Å². The van der Waals surface area contributed by atoms with Crippen LogP contribution in [0.3, 0.4) is 0 Å². The van der Waals surface area contributed by atoms with Crippen molar-refractivity contribution in [1.82, 2.24) is 15.5 Å². The molecular weight excluding hydrogens is 390 g/mol. The highest BCUT2D eigenvalue weighted by atomic mass is 79.9. The highest BCUT2D eigenvalue weighted by molar-refractivity contribution is 9.10. The van der Waals surface area contributed by atoms with Crippen molar-refractivity contribution in [2.75, 3.05) is 51.2 Å². The number of halogens is 1. The third kappa shape index (κ3) is 5.36. The second-order valence-corrected chi connectivity index (χ2v) is 8.35. The minimum atomic E-state index is 0.442. The predicted molar refractivity (Wildman–Crippen MR) is 114 cm³/mol. The Morgan fingerprint density at radius 3 is 2.69 bits per heavy atom. The Balaban J connectivity index is 1.53. The minimum Gasteiger partial charge on any atom is -0.368 e. The molecule has 0 aromatic heterocycles. The third-order valence-electron chi connectivity index (χ3n) is 5.41. The van der Waals surface area contributed by atoms with Gasteiger partial charge in [-0.25, -0.2) is 0 Å². The zero-order chi connectivity index (χ0) is 18.4. The molecule has 2 saturated heterocycles. The molecule has 2 N–H and O–H groups in total. The molecule has 0 saturated carbocycles. The molecule has 1 aromatic rings. The predicted octanol–water partition coefficient (Wildman–Crippen LogP) is 2.92. The van der Waals surface area contributed by atoms with Crippen molar-refractivity contribution in [2.45, 2.75) is 32.2 Å². The first-order valence-corrected chi connectivity index (χ1v) is 10.7. The highest BCUT2D eigenvalue weighted by Crippen LogP contribution is 2.28. The van der Waals surface area contributed by atoms with E-state index in [1.165, 1.54) is 36.1 Å². The Bertz CT molecular complexity index is 598. The number of para-hydroxylation sites is 1. The molecule has 2 aliphatic heterocycles. The van der Waals surface area contributed by atoms with Gasteiger partial charge < -0.3 is 20.4 Å². The SMILES string of the molecule is CCNC(=NCC1CCN(C)CC1)NC1CCN(c2ccccc2Br)C1. The molecule has 0 bridgehead atoms. The van der Waals surface area contributed by atoms with Gasteiger partial charge >= 0.3 is 0 Å². The number of aliphatic imine (C=N–C) groups is 1. The molecule has 2 fully saturated rings. The Labute approximate surface area is 166 Å². The highest BCUT2D eigenvalue weighted by Gasteiger charge is 2.24. The lowest BCUT2D eigenvalue weighted by Gasteiger charge is -2.28. The monoisotopic (exact) mass is 421 g/mol. The molecule has 2 aliphatic rings. The first-order chi connectivity index (χ1) is 12.7. The molecule has 0 spiro atoms. The summed E-state index contributed by atoms with van der Waals surface area (Å²) in [6.45, 7) is 8.47. The van der Waals surface area contributed by atoms with Crippen molar-refractivity contribution >= 4 is 27.6 Å². The second-order valence-electron chi connectivity index (χ2n) is 7.49. The zero-order valence-electron chi connectivity index (χ0n) is 16.0. The van der Waals surface area contributed by atoms with E-state index in [1.54, 1.807) is 0 Å². The summed E-state index contributed by atoms with van der Waals surface area (Å²) >= 11 is 3.67. The molecule has 26 heavy (non-hydrogen) atoms. The zero-order valence-corrected chi connectivity index (χ0v) is 17.6. The molecule has 1 atom stereocenters. The number of hydrogen-bond donors (Lipinski definition) is 2. The first kappa shape index (κ1) is 19.5. The van der Waals surface area contributed by atoms with Crippen LogP contribution < -0.4 is 15.5 Å². The number of likely N-dealkylation sites (tertiary alicyclic amines) is 1. The van der Waals surface area contributed by atoms with Crippen molar-refractivity contribution in [2.24, 2.45) is 10.9 Å². The number of anilines is 1. The van der Waals surface area contributed by atoms with Gasteiger partial charge in [0.15, 0.2) is 5.96 Å². The fourth-order valence-electron chi connectivity index (χ4n) is 3.78. The Kier molecular flexibility index (Phi) is 7.20. The molecule has 0 amide bonds. The standard InChI is InChI=1S/C20H32BrN5/c1-3-22-20(23-14-16-8-11-25(2)12-9-16)24-17-10-13-26(15-17)19-7-5-4-6-18(19)21/h4-7,16-17H,3,8-15H2,1-2H3,(H2,22,23,24). The maximum absolute atomic E-state index is 4.89. The van der Waals surface area contributed by atoms with Gasteiger partial charge in [0.05, 0.1) is 5.69 Å². The van der Waals surface area contributed by atoms with Crippen molar-refractivity contribution in [1.29, 1.82) is 0 Å². The van der Waals surface area contributed by atoms with Crippen LogP contribution in [-0.2, 0) is 0 Å².